The lowest BCUT2D eigenvalue weighted by atomic mass is 9.99. The van der Waals surface area contributed by atoms with Gasteiger partial charge in [-0.2, -0.15) is 21.1 Å². The minimum absolute atomic E-state index is 0.0299. The molecule has 0 saturated carbocycles. The Balaban J connectivity index is 1.32. The second-order valence-electron chi connectivity index (χ2n) is 10.4. The van der Waals surface area contributed by atoms with Crippen LogP contribution in [0.25, 0.3) is 21.9 Å². The molecule has 45 heavy (non-hydrogen) atoms. The number of fused-ring (bicyclic) bond motifs is 1. The van der Waals surface area contributed by atoms with Crippen LogP contribution in [0.15, 0.2) is 87.5 Å². The number of urea groups is 1. The van der Waals surface area contributed by atoms with Crippen molar-refractivity contribution in [2.75, 3.05) is 18.4 Å². The van der Waals surface area contributed by atoms with Gasteiger partial charge in [0.05, 0.1) is 9.79 Å². The van der Waals surface area contributed by atoms with Gasteiger partial charge in [0.1, 0.15) is 10.7 Å². The normalized spacial score (nSPS) is 14.7. The number of hydrogen-bond acceptors (Lipinski definition) is 7. The molecule has 16 heteroatoms. The second-order valence-corrected chi connectivity index (χ2v) is 15.2. The number of carbonyl (C=O) groups is 1. The van der Waals surface area contributed by atoms with E-state index in [0.717, 1.165) is 31.4 Å². The molecule has 4 aromatic carbocycles. The van der Waals surface area contributed by atoms with Gasteiger partial charge in [0.25, 0.3) is 20.2 Å². The van der Waals surface area contributed by atoms with Gasteiger partial charge in [-0.25, -0.2) is 17.6 Å². The van der Waals surface area contributed by atoms with Crippen molar-refractivity contribution in [3.8, 4) is 11.1 Å². The van der Waals surface area contributed by atoms with Gasteiger partial charge in [-0.05, 0) is 84.0 Å². The van der Waals surface area contributed by atoms with Crippen LogP contribution in [0.5, 0.6) is 0 Å². The molecule has 0 spiro atoms. The van der Waals surface area contributed by atoms with Gasteiger partial charge in [0, 0.05) is 36.3 Å². The number of anilines is 1. The maximum Gasteiger partial charge on any atom is 0.319 e. The van der Waals surface area contributed by atoms with Crippen LogP contribution < -0.4 is 10.6 Å². The maximum absolute atomic E-state index is 14.9. The van der Waals surface area contributed by atoms with Crippen LogP contribution in [-0.2, 0) is 36.8 Å². The number of amides is 2. The molecular formula is C29H28FN3O9S3. The smallest absolute Gasteiger partial charge is 0.319 e. The summed E-state index contributed by atoms with van der Waals surface area (Å²) in [5.74, 6) is -0.676. The first-order chi connectivity index (χ1) is 21.1. The van der Waals surface area contributed by atoms with E-state index in [1.54, 1.807) is 0 Å². The molecule has 1 aliphatic rings. The van der Waals surface area contributed by atoms with Crippen molar-refractivity contribution in [2.45, 2.75) is 40.5 Å². The Hall–Kier alpha value is -3.93. The first kappa shape index (κ1) is 32.5. The maximum atomic E-state index is 14.9. The van der Waals surface area contributed by atoms with Crippen LogP contribution >= 0.6 is 0 Å². The molecule has 0 atom stereocenters. The topological polar surface area (TPSA) is 187 Å². The van der Waals surface area contributed by atoms with Gasteiger partial charge in [-0.1, -0.05) is 24.6 Å². The molecule has 12 nitrogen and oxygen atoms in total. The summed E-state index contributed by atoms with van der Waals surface area (Å²) in [6.45, 7) is 0.905. The first-order valence-electron chi connectivity index (χ1n) is 13.6. The Morgan fingerprint density at radius 3 is 2.11 bits per heavy atom. The predicted molar refractivity (Wildman–Crippen MR) is 164 cm³/mol. The summed E-state index contributed by atoms with van der Waals surface area (Å²) in [5, 5.41) is 5.18. The molecule has 0 aliphatic carbocycles. The van der Waals surface area contributed by atoms with E-state index in [-0.39, 0.29) is 33.3 Å². The van der Waals surface area contributed by atoms with Crippen LogP contribution in [-0.4, -0.2) is 57.8 Å². The summed E-state index contributed by atoms with van der Waals surface area (Å²) in [6.07, 6.45) is 2.62. The van der Waals surface area contributed by atoms with Crippen LogP contribution in [0.1, 0.15) is 24.8 Å². The van der Waals surface area contributed by atoms with Gasteiger partial charge in [-0.15, -0.1) is 0 Å². The molecule has 1 saturated heterocycles. The summed E-state index contributed by atoms with van der Waals surface area (Å²) in [4.78, 5) is 11.1. The Morgan fingerprint density at radius 1 is 0.778 bits per heavy atom. The molecular weight excluding hydrogens is 650 g/mol. The number of nitrogens with zero attached hydrogens (tertiary/aromatic N) is 1. The number of hydrogen-bond donors (Lipinski definition) is 4. The molecule has 0 unspecified atom stereocenters. The molecule has 4 aromatic rings. The third-order valence-corrected chi connectivity index (χ3v) is 11.0. The molecule has 4 N–H and O–H groups in total. The molecule has 1 heterocycles. The average molecular weight is 678 g/mol. The number of sulfonamides is 1. The summed E-state index contributed by atoms with van der Waals surface area (Å²) in [7, 11) is -13.4. The molecule has 0 radical (unpaired) electrons. The lowest BCUT2D eigenvalue weighted by Crippen LogP contribution is -2.35. The molecule has 2 amide bonds. The zero-order chi connectivity index (χ0) is 32.6. The van der Waals surface area contributed by atoms with Crippen LogP contribution in [0.2, 0.25) is 0 Å². The first-order valence-corrected chi connectivity index (χ1v) is 17.9. The van der Waals surface area contributed by atoms with Crippen LogP contribution in [0, 0.1) is 5.82 Å². The molecule has 5 rings (SSSR count). The minimum atomic E-state index is -4.94. The fraction of sp³-hybridized carbons (Fsp3) is 0.207. The molecule has 0 bridgehead atoms. The highest BCUT2D eigenvalue weighted by Crippen LogP contribution is 2.33. The second kappa shape index (κ2) is 12.5. The Kier molecular flexibility index (Phi) is 8.99. The summed E-state index contributed by atoms with van der Waals surface area (Å²) in [6, 6.07) is 14.8. The quantitative estimate of drug-likeness (QED) is 0.193. The summed E-state index contributed by atoms with van der Waals surface area (Å²) < 4.78 is 108. The number of nitrogens with one attached hydrogen (secondary N) is 2. The van der Waals surface area contributed by atoms with Crippen molar-refractivity contribution < 1.29 is 43.5 Å². The third-order valence-electron chi connectivity index (χ3n) is 7.33. The molecule has 238 valence electrons. The van der Waals surface area contributed by atoms with Gasteiger partial charge < -0.3 is 10.6 Å². The zero-order valence-electron chi connectivity index (χ0n) is 23.5. The van der Waals surface area contributed by atoms with Crippen molar-refractivity contribution in [3.63, 3.8) is 0 Å². The summed E-state index contributed by atoms with van der Waals surface area (Å²) in [5.41, 5.74) is 1.05. The average Bonchev–Trinajstić information content (AvgIpc) is 2.99. The highest BCUT2D eigenvalue weighted by Gasteiger charge is 2.26. The molecule has 1 fully saturated rings. The number of carbonyl (C=O) groups excluding carboxylic acids is 1. The van der Waals surface area contributed by atoms with E-state index in [0.29, 0.717) is 30.4 Å². The predicted octanol–water partition coefficient (Wildman–Crippen LogP) is 4.64. The van der Waals surface area contributed by atoms with E-state index in [2.05, 4.69) is 10.6 Å². The van der Waals surface area contributed by atoms with Crippen molar-refractivity contribution >= 4 is 52.8 Å². The van der Waals surface area contributed by atoms with Crippen LogP contribution in [0.3, 0.4) is 0 Å². The van der Waals surface area contributed by atoms with Crippen molar-refractivity contribution in [1.29, 1.82) is 0 Å². The van der Waals surface area contributed by atoms with Gasteiger partial charge in [0.2, 0.25) is 10.0 Å². The van der Waals surface area contributed by atoms with E-state index in [1.807, 2.05) is 0 Å². The van der Waals surface area contributed by atoms with Crippen LogP contribution in [0.4, 0.5) is 14.9 Å². The fourth-order valence-electron chi connectivity index (χ4n) is 5.05. The van der Waals surface area contributed by atoms with Gasteiger partial charge in [-0.3, -0.25) is 9.11 Å². The van der Waals surface area contributed by atoms with E-state index in [1.165, 1.54) is 58.9 Å². The highest BCUT2D eigenvalue weighted by atomic mass is 32.2. The molecule has 1 aliphatic heterocycles. The third kappa shape index (κ3) is 7.32. The number of piperidine rings is 1. The SMILES string of the molecule is O=C(NCc1ccc(F)c(-c2ccc3cc(S(=O)(=O)O)cc(S(=O)(=O)O)c3c2)c1)Nc1ccc(S(=O)(=O)N2CCCCC2)cc1. The highest BCUT2D eigenvalue weighted by molar-refractivity contribution is 7.89. The van der Waals surface area contributed by atoms with E-state index < -0.39 is 51.9 Å². The summed E-state index contributed by atoms with van der Waals surface area (Å²) >= 11 is 0. The number of benzene rings is 4. The molecule has 0 aromatic heterocycles. The largest absolute Gasteiger partial charge is 0.334 e. The Morgan fingerprint density at radius 2 is 1.47 bits per heavy atom. The number of halogens is 1. The minimum Gasteiger partial charge on any atom is -0.334 e. The Labute approximate surface area is 259 Å². The van der Waals surface area contributed by atoms with Gasteiger partial charge >= 0.3 is 6.03 Å². The van der Waals surface area contributed by atoms with E-state index in [9.17, 15) is 43.5 Å². The lowest BCUT2D eigenvalue weighted by Gasteiger charge is -2.25. The van der Waals surface area contributed by atoms with E-state index in [4.69, 9.17) is 0 Å². The Bertz CT molecular complexity index is 2120. The monoisotopic (exact) mass is 677 g/mol. The standard InChI is InChI=1S/C29H28FN3O9S3/c30-27-11-4-19(18-31-29(34)32-22-7-9-23(10-8-22)43(35,36)33-12-2-1-3-13-33)14-25(27)21-6-5-20-15-24(44(37,38)39)17-28(26(20)16-21)45(40,41)42/h4-11,14-17H,1-3,12-13,18H2,(H2,31,32,34)(H,37,38,39)(H,40,41,42). The van der Waals surface area contributed by atoms with Crippen molar-refractivity contribution in [1.82, 2.24) is 9.62 Å². The zero-order valence-corrected chi connectivity index (χ0v) is 25.9. The van der Waals surface area contributed by atoms with Crippen molar-refractivity contribution in [3.05, 3.63) is 84.2 Å². The number of rotatable bonds is 8. The van der Waals surface area contributed by atoms with Gasteiger partial charge in [0.15, 0.2) is 0 Å². The lowest BCUT2D eigenvalue weighted by molar-refractivity contribution is 0.251. The fourth-order valence-corrected chi connectivity index (χ4v) is 7.92. The van der Waals surface area contributed by atoms with Crippen molar-refractivity contribution in [2.24, 2.45) is 0 Å². The van der Waals surface area contributed by atoms with E-state index >= 15 is 0 Å².